The summed E-state index contributed by atoms with van der Waals surface area (Å²) in [6.07, 6.45) is 0. The third-order valence-electron chi connectivity index (χ3n) is 4.14. The van der Waals surface area contributed by atoms with Crippen molar-refractivity contribution in [3.8, 4) is 0 Å². The van der Waals surface area contributed by atoms with Crippen LogP contribution in [0.2, 0.25) is 20.1 Å². The van der Waals surface area contributed by atoms with Crippen LogP contribution in [0, 0.1) is 0 Å². The second-order valence-corrected chi connectivity index (χ2v) is 9.56. The van der Waals surface area contributed by atoms with Gasteiger partial charge in [-0.3, -0.25) is 9.59 Å². The zero-order chi connectivity index (χ0) is 22.5. The number of hydrogen-bond donors (Lipinski definition) is 2. The lowest BCUT2D eigenvalue weighted by molar-refractivity contribution is -0.115. The van der Waals surface area contributed by atoms with Crippen LogP contribution in [0.1, 0.15) is 17.3 Å². The molecule has 1 unspecified atom stereocenters. The first-order chi connectivity index (χ1) is 14.7. The molecule has 0 fully saturated rings. The quantitative estimate of drug-likeness (QED) is 0.332. The first-order valence-electron chi connectivity index (χ1n) is 9.02. The Morgan fingerprint density at radius 2 is 1.55 bits per heavy atom. The van der Waals surface area contributed by atoms with Gasteiger partial charge in [-0.1, -0.05) is 52.5 Å². The molecule has 160 valence electrons. The Hall–Kier alpha value is -1.89. The number of benzene rings is 3. The molecule has 31 heavy (non-hydrogen) atoms. The number of rotatable bonds is 6. The van der Waals surface area contributed by atoms with Crippen LogP contribution in [0.15, 0.2) is 65.6 Å². The molecular formula is C22H16Cl4N2O2S. The van der Waals surface area contributed by atoms with Crippen molar-refractivity contribution in [2.45, 2.75) is 17.1 Å². The average Bonchev–Trinajstić information content (AvgIpc) is 2.70. The Labute approximate surface area is 204 Å². The van der Waals surface area contributed by atoms with Gasteiger partial charge in [0.1, 0.15) is 0 Å². The van der Waals surface area contributed by atoms with Crippen molar-refractivity contribution in [2.24, 2.45) is 0 Å². The van der Waals surface area contributed by atoms with E-state index in [-0.39, 0.29) is 16.8 Å². The molecule has 0 aromatic heterocycles. The van der Waals surface area contributed by atoms with Gasteiger partial charge in [-0.05, 0) is 61.5 Å². The molecule has 0 aliphatic heterocycles. The lowest BCUT2D eigenvalue weighted by atomic mass is 10.2. The van der Waals surface area contributed by atoms with Crippen molar-refractivity contribution in [2.75, 3.05) is 10.6 Å². The van der Waals surface area contributed by atoms with E-state index in [0.717, 1.165) is 4.90 Å². The molecule has 3 aromatic rings. The molecule has 0 radical (unpaired) electrons. The fourth-order valence-electron chi connectivity index (χ4n) is 2.59. The number of carbonyl (C=O) groups is 2. The van der Waals surface area contributed by atoms with Crippen LogP contribution in [-0.4, -0.2) is 17.1 Å². The summed E-state index contributed by atoms with van der Waals surface area (Å²) in [6.45, 7) is 1.79. The number of anilines is 2. The van der Waals surface area contributed by atoms with Gasteiger partial charge in [0.25, 0.3) is 5.91 Å². The molecule has 3 rings (SSSR count). The second kappa shape index (κ2) is 10.6. The molecular weight excluding hydrogens is 498 g/mol. The van der Waals surface area contributed by atoms with Crippen molar-refractivity contribution < 1.29 is 9.59 Å². The molecule has 0 spiro atoms. The van der Waals surface area contributed by atoms with Crippen molar-refractivity contribution in [3.63, 3.8) is 0 Å². The van der Waals surface area contributed by atoms with Crippen LogP contribution >= 0.6 is 58.2 Å². The van der Waals surface area contributed by atoms with E-state index in [1.54, 1.807) is 55.5 Å². The van der Waals surface area contributed by atoms with Crippen molar-refractivity contribution >= 4 is 81.4 Å². The van der Waals surface area contributed by atoms with Gasteiger partial charge in [0.2, 0.25) is 5.91 Å². The van der Waals surface area contributed by atoms with Crippen LogP contribution in [0.25, 0.3) is 0 Å². The van der Waals surface area contributed by atoms with E-state index in [2.05, 4.69) is 10.6 Å². The molecule has 4 nitrogen and oxygen atoms in total. The third kappa shape index (κ3) is 6.55. The SMILES string of the molecule is CC(Sc1cccc(NC(=O)c2ccc(Cl)cc2Cl)c1)C(=O)Nc1ccc(Cl)c(Cl)c1. The zero-order valence-electron chi connectivity index (χ0n) is 16.1. The molecule has 0 heterocycles. The molecule has 0 aliphatic rings. The minimum absolute atomic E-state index is 0.189. The van der Waals surface area contributed by atoms with E-state index < -0.39 is 5.25 Å². The van der Waals surface area contributed by atoms with Crippen LogP contribution in [0.5, 0.6) is 0 Å². The second-order valence-electron chi connectivity index (χ2n) is 6.48. The van der Waals surface area contributed by atoms with Gasteiger partial charge >= 0.3 is 0 Å². The molecule has 0 bridgehead atoms. The fraction of sp³-hybridized carbons (Fsp3) is 0.0909. The summed E-state index contributed by atoms with van der Waals surface area (Å²) >= 11 is 25.2. The van der Waals surface area contributed by atoms with Crippen LogP contribution in [-0.2, 0) is 4.79 Å². The number of carbonyl (C=O) groups excluding carboxylic acids is 2. The van der Waals surface area contributed by atoms with Gasteiger partial charge in [-0.2, -0.15) is 0 Å². The molecule has 0 saturated carbocycles. The maximum absolute atomic E-state index is 12.5. The summed E-state index contributed by atoms with van der Waals surface area (Å²) in [5, 5.41) is 6.72. The first-order valence-corrected chi connectivity index (χ1v) is 11.4. The van der Waals surface area contributed by atoms with Gasteiger partial charge in [-0.15, -0.1) is 11.8 Å². The van der Waals surface area contributed by atoms with E-state index in [1.165, 1.54) is 17.8 Å². The largest absolute Gasteiger partial charge is 0.325 e. The topological polar surface area (TPSA) is 58.2 Å². The highest BCUT2D eigenvalue weighted by molar-refractivity contribution is 8.00. The summed E-state index contributed by atoms with van der Waals surface area (Å²) < 4.78 is 0. The standard InChI is InChI=1S/C22H16Cl4N2O2S/c1-12(21(29)27-15-6-8-18(24)20(26)11-15)31-16-4-2-3-14(10-16)28-22(30)17-7-5-13(23)9-19(17)25/h2-12H,1H3,(H,27,29)(H,28,30). The number of nitrogens with one attached hydrogen (secondary N) is 2. The highest BCUT2D eigenvalue weighted by Crippen LogP contribution is 2.29. The molecule has 0 saturated heterocycles. The number of amides is 2. The molecule has 0 aliphatic carbocycles. The molecule has 9 heteroatoms. The number of halogens is 4. The maximum Gasteiger partial charge on any atom is 0.257 e. The maximum atomic E-state index is 12.5. The van der Waals surface area contributed by atoms with Crippen molar-refractivity contribution in [1.29, 1.82) is 0 Å². The van der Waals surface area contributed by atoms with E-state index >= 15 is 0 Å². The predicted molar refractivity (Wildman–Crippen MR) is 131 cm³/mol. The summed E-state index contributed by atoms with van der Waals surface area (Å²) in [6, 6.07) is 16.8. The molecule has 2 amide bonds. The average molecular weight is 514 g/mol. The predicted octanol–water partition coefficient (Wildman–Crippen LogP) is 7.67. The van der Waals surface area contributed by atoms with E-state index in [1.807, 2.05) is 6.07 Å². The van der Waals surface area contributed by atoms with Gasteiger partial charge in [-0.25, -0.2) is 0 Å². The van der Waals surface area contributed by atoms with Crippen molar-refractivity contribution in [3.05, 3.63) is 86.3 Å². The zero-order valence-corrected chi connectivity index (χ0v) is 19.9. The summed E-state index contributed by atoms with van der Waals surface area (Å²) in [5.41, 5.74) is 1.46. The Morgan fingerprint density at radius 3 is 2.26 bits per heavy atom. The van der Waals surface area contributed by atoms with Gasteiger partial charge in [0.15, 0.2) is 0 Å². The fourth-order valence-corrected chi connectivity index (χ4v) is 4.31. The molecule has 3 aromatic carbocycles. The number of hydrogen-bond acceptors (Lipinski definition) is 3. The third-order valence-corrected chi connectivity index (χ3v) is 6.52. The van der Waals surface area contributed by atoms with Gasteiger partial charge < -0.3 is 10.6 Å². The minimum atomic E-state index is -0.397. The minimum Gasteiger partial charge on any atom is -0.325 e. The Bertz CT molecular complexity index is 1140. The van der Waals surface area contributed by atoms with Crippen molar-refractivity contribution in [1.82, 2.24) is 0 Å². The Balaban J connectivity index is 1.64. The monoisotopic (exact) mass is 512 g/mol. The summed E-state index contributed by atoms with van der Waals surface area (Å²) in [5.74, 6) is -0.542. The summed E-state index contributed by atoms with van der Waals surface area (Å²) in [4.78, 5) is 25.9. The lowest BCUT2D eigenvalue weighted by Gasteiger charge is -2.13. The van der Waals surface area contributed by atoms with E-state index in [9.17, 15) is 9.59 Å². The normalized spacial score (nSPS) is 11.6. The number of thioether (sulfide) groups is 1. The first kappa shape index (κ1) is 23.8. The van der Waals surface area contributed by atoms with Gasteiger partial charge in [0.05, 0.1) is 25.9 Å². The highest BCUT2D eigenvalue weighted by atomic mass is 35.5. The van der Waals surface area contributed by atoms with E-state index in [0.29, 0.717) is 32.0 Å². The highest BCUT2D eigenvalue weighted by Gasteiger charge is 2.16. The molecule has 1 atom stereocenters. The lowest BCUT2D eigenvalue weighted by Crippen LogP contribution is -2.22. The summed E-state index contributed by atoms with van der Waals surface area (Å²) in [7, 11) is 0. The van der Waals surface area contributed by atoms with Crippen LogP contribution < -0.4 is 10.6 Å². The Morgan fingerprint density at radius 1 is 0.806 bits per heavy atom. The van der Waals surface area contributed by atoms with E-state index in [4.69, 9.17) is 46.4 Å². The Kier molecular flexibility index (Phi) is 8.14. The van der Waals surface area contributed by atoms with Gasteiger partial charge in [0, 0.05) is 21.3 Å². The smallest absolute Gasteiger partial charge is 0.257 e. The van der Waals surface area contributed by atoms with Crippen LogP contribution in [0.3, 0.4) is 0 Å². The van der Waals surface area contributed by atoms with Crippen LogP contribution in [0.4, 0.5) is 11.4 Å². The molecule has 2 N–H and O–H groups in total.